The molecule has 0 amide bonds. The largest absolute Gasteiger partial charge is 0.455 e. The molecule has 3 heteroatoms. The van der Waals surface area contributed by atoms with Gasteiger partial charge in [-0.05, 0) is 93.5 Å². The van der Waals surface area contributed by atoms with Crippen molar-refractivity contribution in [2.45, 2.75) is 0 Å². The first-order valence-corrected chi connectivity index (χ1v) is 20.1. The zero-order chi connectivity index (χ0) is 37.7. The topological polar surface area (TPSA) is 16.4 Å². The summed E-state index contributed by atoms with van der Waals surface area (Å²) in [5, 5.41) is 4.81. The highest BCUT2D eigenvalue weighted by molar-refractivity contribution is 7.26. The number of fused-ring (bicyclic) bond motifs is 6. The Morgan fingerprint density at radius 3 is 1.67 bits per heavy atom. The zero-order valence-corrected chi connectivity index (χ0v) is 31.8. The molecule has 0 atom stereocenters. The Kier molecular flexibility index (Phi) is 8.04. The van der Waals surface area contributed by atoms with Gasteiger partial charge in [0.05, 0.1) is 5.69 Å². The van der Waals surface area contributed by atoms with Crippen molar-refractivity contribution in [3.8, 4) is 44.5 Å². The highest BCUT2D eigenvalue weighted by atomic mass is 32.1. The van der Waals surface area contributed by atoms with E-state index in [0.717, 1.165) is 50.1 Å². The molecule has 0 N–H and O–H groups in total. The van der Waals surface area contributed by atoms with E-state index in [-0.39, 0.29) is 0 Å². The van der Waals surface area contributed by atoms with Crippen molar-refractivity contribution >= 4 is 70.5 Å². The predicted molar refractivity (Wildman–Crippen MR) is 243 cm³/mol. The fourth-order valence-electron chi connectivity index (χ4n) is 8.39. The molecule has 0 unspecified atom stereocenters. The third-order valence-electron chi connectivity index (χ3n) is 11.1. The number of nitrogens with zero attached hydrogens (tertiary/aromatic N) is 1. The fourth-order valence-corrected chi connectivity index (χ4v) is 9.51. The van der Waals surface area contributed by atoms with Gasteiger partial charge in [0.25, 0.3) is 0 Å². The number of hydrogen-bond acceptors (Lipinski definition) is 3. The number of benzene rings is 9. The first-order chi connectivity index (χ1) is 28.3. The van der Waals surface area contributed by atoms with Crippen molar-refractivity contribution in [2.75, 3.05) is 4.90 Å². The van der Waals surface area contributed by atoms with Crippen LogP contribution in [0.1, 0.15) is 0 Å². The van der Waals surface area contributed by atoms with Gasteiger partial charge >= 0.3 is 0 Å². The summed E-state index contributed by atoms with van der Waals surface area (Å²) in [5.74, 6) is 0. The van der Waals surface area contributed by atoms with Gasteiger partial charge in [0.15, 0.2) is 0 Å². The SMILES string of the molecule is c1ccc(-c2ccc(-c3ccc(N(c4ccc(-c5cccc6c5oc5ccccc56)cc4)c4cccc5sc6ccccc6c45)cc3)cc2-c2ccccc2)cc1. The molecule has 0 aliphatic carbocycles. The maximum atomic E-state index is 6.43. The van der Waals surface area contributed by atoms with Crippen molar-refractivity contribution in [2.24, 2.45) is 0 Å². The summed E-state index contributed by atoms with van der Waals surface area (Å²) in [4.78, 5) is 2.41. The van der Waals surface area contributed by atoms with Gasteiger partial charge in [-0.15, -0.1) is 11.3 Å². The number of rotatable bonds is 7. The Bertz CT molecular complexity index is 3210. The van der Waals surface area contributed by atoms with Gasteiger partial charge in [0.1, 0.15) is 11.2 Å². The van der Waals surface area contributed by atoms with Crippen LogP contribution in [0.15, 0.2) is 217 Å². The third kappa shape index (κ3) is 5.80. The lowest BCUT2D eigenvalue weighted by Gasteiger charge is -2.27. The number of furan rings is 1. The molecular formula is C54H35NOS. The van der Waals surface area contributed by atoms with Crippen LogP contribution in [0.4, 0.5) is 17.1 Å². The van der Waals surface area contributed by atoms with Crippen LogP contribution in [0.25, 0.3) is 86.6 Å². The van der Waals surface area contributed by atoms with E-state index in [1.165, 1.54) is 53.6 Å². The standard InChI is InChI=1S/C54H35NOS/c1-3-13-37(14-4-1)43-34-29-40(35-48(43)38-15-5-2-6-16-38)36-25-30-41(31-26-36)55(49-21-12-24-52-53(49)47-18-8-10-23-51(47)57-52)42-32-27-39(28-33-42)44-19-11-20-46-45-17-7-9-22-50(45)56-54(44)46/h1-35H. The van der Waals surface area contributed by atoms with Crippen LogP contribution in [0.2, 0.25) is 0 Å². The molecule has 9 aromatic carbocycles. The number of thiophene rings is 1. The molecule has 0 saturated carbocycles. The van der Waals surface area contributed by atoms with E-state index >= 15 is 0 Å². The normalized spacial score (nSPS) is 11.5. The Balaban J connectivity index is 1.03. The molecule has 11 rings (SSSR count). The second-order valence-corrected chi connectivity index (χ2v) is 15.5. The number of para-hydroxylation sites is 2. The lowest BCUT2D eigenvalue weighted by Crippen LogP contribution is -2.10. The molecule has 2 nitrogen and oxygen atoms in total. The van der Waals surface area contributed by atoms with Crippen molar-refractivity contribution in [1.29, 1.82) is 0 Å². The summed E-state index contributed by atoms with van der Waals surface area (Å²) in [7, 11) is 0. The number of anilines is 3. The number of hydrogen-bond donors (Lipinski definition) is 0. The molecule has 0 aliphatic rings. The quantitative estimate of drug-likeness (QED) is 0.162. The Morgan fingerprint density at radius 2 is 0.912 bits per heavy atom. The molecule has 57 heavy (non-hydrogen) atoms. The molecule has 0 radical (unpaired) electrons. The van der Waals surface area contributed by atoms with E-state index in [1.807, 2.05) is 23.5 Å². The Labute approximate surface area is 335 Å². The summed E-state index contributed by atoms with van der Waals surface area (Å²) >= 11 is 1.85. The highest BCUT2D eigenvalue weighted by Crippen LogP contribution is 2.46. The van der Waals surface area contributed by atoms with Gasteiger partial charge in [-0.3, -0.25) is 0 Å². The van der Waals surface area contributed by atoms with Crippen molar-refractivity contribution in [1.82, 2.24) is 0 Å². The van der Waals surface area contributed by atoms with Gasteiger partial charge in [-0.2, -0.15) is 0 Å². The summed E-state index contributed by atoms with van der Waals surface area (Å²) < 4.78 is 9.00. The van der Waals surface area contributed by atoms with E-state index in [4.69, 9.17) is 4.42 Å². The lowest BCUT2D eigenvalue weighted by atomic mass is 9.91. The fraction of sp³-hybridized carbons (Fsp3) is 0. The maximum absolute atomic E-state index is 6.43. The van der Waals surface area contributed by atoms with Crippen LogP contribution in [0.3, 0.4) is 0 Å². The van der Waals surface area contributed by atoms with E-state index in [0.29, 0.717) is 0 Å². The van der Waals surface area contributed by atoms with Crippen LogP contribution in [-0.4, -0.2) is 0 Å². The molecule has 2 heterocycles. The van der Waals surface area contributed by atoms with Gasteiger partial charge in [-0.1, -0.05) is 158 Å². The zero-order valence-electron chi connectivity index (χ0n) is 31.0. The molecule has 0 spiro atoms. The van der Waals surface area contributed by atoms with Gasteiger partial charge in [0.2, 0.25) is 0 Å². The van der Waals surface area contributed by atoms with Crippen LogP contribution in [-0.2, 0) is 0 Å². The van der Waals surface area contributed by atoms with Crippen molar-refractivity contribution < 1.29 is 4.42 Å². The average Bonchev–Trinajstić information content (AvgIpc) is 3.87. The van der Waals surface area contributed by atoms with Gasteiger partial charge < -0.3 is 9.32 Å². The van der Waals surface area contributed by atoms with E-state index < -0.39 is 0 Å². The van der Waals surface area contributed by atoms with Crippen molar-refractivity contribution in [3.05, 3.63) is 212 Å². The minimum Gasteiger partial charge on any atom is -0.455 e. The Morgan fingerprint density at radius 1 is 0.351 bits per heavy atom. The van der Waals surface area contributed by atoms with Crippen LogP contribution in [0, 0.1) is 0 Å². The van der Waals surface area contributed by atoms with Crippen LogP contribution >= 0.6 is 11.3 Å². The molecule has 0 aliphatic heterocycles. The van der Waals surface area contributed by atoms with Gasteiger partial charge in [0, 0.05) is 47.9 Å². The van der Waals surface area contributed by atoms with Crippen LogP contribution < -0.4 is 4.90 Å². The first-order valence-electron chi connectivity index (χ1n) is 19.3. The Hall–Kier alpha value is -7.20. The van der Waals surface area contributed by atoms with E-state index in [9.17, 15) is 0 Å². The average molecular weight is 746 g/mol. The summed E-state index contributed by atoms with van der Waals surface area (Å²) in [6, 6.07) is 76.3. The molecule has 11 aromatic rings. The monoisotopic (exact) mass is 745 g/mol. The molecule has 268 valence electrons. The summed E-state index contributed by atoms with van der Waals surface area (Å²) in [5.41, 5.74) is 14.6. The minimum absolute atomic E-state index is 0.908. The molecule has 0 saturated heterocycles. The maximum Gasteiger partial charge on any atom is 0.143 e. The minimum atomic E-state index is 0.908. The van der Waals surface area contributed by atoms with Crippen LogP contribution in [0.5, 0.6) is 0 Å². The van der Waals surface area contributed by atoms with E-state index in [1.54, 1.807) is 0 Å². The van der Waals surface area contributed by atoms with E-state index in [2.05, 4.69) is 205 Å². The molecule has 2 aromatic heterocycles. The smallest absolute Gasteiger partial charge is 0.143 e. The third-order valence-corrected chi connectivity index (χ3v) is 12.2. The second kappa shape index (κ2) is 13.8. The molecule has 0 fully saturated rings. The summed E-state index contributed by atoms with van der Waals surface area (Å²) in [6.45, 7) is 0. The van der Waals surface area contributed by atoms with Crippen molar-refractivity contribution in [3.63, 3.8) is 0 Å². The first kappa shape index (κ1) is 33.2. The summed E-state index contributed by atoms with van der Waals surface area (Å²) in [6.07, 6.45) is 0. The van der Waals surface area contributed by atoms with Gasteiger partial charge in [-0.25, -0.2) is 0 Å². The molecule has 0 bridgehead atoms. The lowest BCUT2D eigenvalue weighted by molar-refractivity contribution is 0.670. The highest BCUT2D eigenvalue weighted by Gasteiger charge is 2.20. The molecular weight excluding hydrogens is 711 g/mol. The second-order valence-electron chi connectivity index (χ2n) is 14.5. The predicted octanol–water partition coefficient (Wildman–Crippen LogP) is 16.1.